The summed E-state index contributed by atoms with van der Waals surface area (Å²) >= 11 is 3.33. The average molecular weight is 449 g/mol. The molecule has 0 aromatic heterocycles. The summed E-state index contributed by atoms with van der Waals surface area (Å²) < 4.78 is 38.9. The van der Waals surface area contributed by atoms with Gasteiger partial charge < -0.3 is 9.47 Å². The van der Waals surface area contributed by atoms with Crippen molar-refractivity contribution in [3.05, 3.63) is 22.7 Å². The molecule has 2 rings (SSSR count). The van der Waals surface area contributed by atoms with Crippen LogP contribution in [0.3, 0.4) is 0 Å². The van der Waals surface area contributed by atoms with Gasteiger partial charge in [-0.05, 0) is 38.5 Å². The number of ether oxygens (including phenoxy) is 2. The highest BCUT2D eigenvalue weighted by Gasteiger charge is 2.30. The molecule has 1 saturated heterocycles. The molecule has 1 aliphatic heterocycles. The van der Waals surface area contributed by atoms with Gasteiger partial charge in [0.1, 0.15) is 10.6 Å². The summed E-state index contributed by atoms with van der Waals surface area (Å²) in [7, 11) is -3.69. The maximum absolute atomic E-state index is 13.1. The van der Waals surface area contributed by atoms with Gasteiger partial charge in [-0.25, -0.2) is 8.42 Å². The molecule has 0 atom stereocenters. The van der Waals surface area contributed by atoms with Crippen LogP contribution in [0.1, 0.15) is 20.3 Å². The van der Waals surface area contributed by atoms with Crippen molar-refractivity contribution in [3.8, 4) is 5.75 Å². The van der Waals surface area contributed by atoms with Crippen LogP contribution in [0.25, 0.3) is 0 Å². The predicted molar refractivity (Wildman–Crippen MR) is 102 cm³/mol. The van der Waals surface area contributed by atoms with E-state index in [4.69, 9.17) is 9.47 Å². The lowest BCUT2D eigenvalue weighted by Crippen LogP contribution is -2.37. The minimum atomic E-state index is -3.69. The van der Waals surface area contributed by atoms with E-state index in [0.717, 1.165) is 0 Å². The lowest BCUT2D eigenvalue weighted by molar-refractivity contribution is -0.144. The van der Waals surface area contributed by atoms with Gasteiger partial charge in [0.25, 0.3) is 0 Å². The molecule has 0 saturated carbocycles. The molecule has 1 aromatic rings. The number of esters is 1. The van der Waals surface area contributed by atoms with Crippen LogP contribution < -0.4 is 4.74 Å². The summed E-state index contributed by atoms with van der Waals surface area (Å²) in [5.74, 6) is 0.0674. The van der Waals surface area contributed by atoms with Gasteiger partial charge in [-0.1, -0.05) is 15.9 Å². The van der Waals surface area contributed by atoms with E-state index in [1.807, 2.05) is 11.8 Å². The Kier molecular flexibility index (Phi) is 7.87. The predicted octanol–water partition coefficient (Wildman–Crippen LogP) is 2.11. The Morgan fingerprint density at radius 3 is 2.62 bits per heavy atom. The summed E-state index contributed by atoms with van der Waals surface area (Å²) in [5, 5.41) is 0. The Morgan fingerprint density at radius 1 is 1.15 bits per heavy atom. The van der Waals surface area contributed by atoms with Gasteiger partial charge >= 0.3 is 5.97 Å². The molecule has 0 unspecified atom stereocenters. The highest BCUT2D eigenvalue weighted by molar-refractivity contribution is 9.10. The molecular formula is C17H25BrN2O5S. The van der Waals surface area contributed by atoms with E-state index in [-0.39, 0.29) is 17.4 Å². The lowest BCUT2D eigenvalue weighted by Gasteiger charge is -2.22. The monoisotopic (exact) mass is 448 g/mol. The first-order valence-corrected chi connectivity index (χ1v) is 10.9. The van der Waals surface area contributed by atoms with Crippen molar-refractivity contribution in [2.24, 2.45) is 0 Å². The van der Waals surface area contributed by atoms with Gasteiger partial charge in [-0.3, -0.25) is 9.69 Å². The highest BCUT2D eigenvalue weighted by Crippen LogP contribution is 2.30. The van der Waals surface area contributed by atoms with Crippen LogP contribution in [0.5, 0.6) is 5.75 Å². The van der Waals surface area contributed by atoms with Crippen molar-refractivity contribution in [1.29, 1.82) is 0 Å². The van der Waals surface area contributed by atoms with Gasteiger partial charge in [-0.15, -0.1) is 0 Å². The SMILES string of the molecule is CCOC(=O)CN1CCCN(S(=O)(=O)c2cc(Br)ccc2OCC)CC1. The van der Waals surface area contributed by atoms with Gasteiger partial charge in [0.15, 0.2) is 0 Å². The maximum Gasteiger partial charge on any atom is 0.320 e. The van der Waals surface area contributed by atoms with Gasteiger partial charge in [-0.2, -0.15) is 4.31 Å². The van der Waals surface area contributed by atoms with Crippen LogP contribution in [0, 0.1) is 0 Å². The number of carbonyl (C=O) groups is 1. The largest absolute Gasteiger partial charge is 0.492 e. The van der Waals surface area contributed by atoms with Gasteiger partial charge in [0.05, 0.1) is 19.8 Å². The second-order valence-electron chi connectivity index (χ2n) is 5.86. The smallest absolute Gasteiger partial charge is 0.320 e. The topological polar surface area (TPSA) is 76.2 Å². The summed E-state index contributed by atoms with van der Waals surface area (Å²) in [5.41, 5.74) is 0. The Labute approximate surface area is 163 Å². The van der Waals surface area contributed by atoms with Crippen molar-refractivity contribution in [2.45, 2.75) is 25.2 Å². The molecule has 146 valence electrons. The highest BCUT2D eigenvalue weighted by atomic mass is 79.9. The number of rotatable bonds is 7. The number of carbonyl (C=O) groups excluding carboxylic acids is 1. The molecule has 0 bridgehead atoms. The molecule has 9 heteroatoms. The minimum Gasteiger partial charge on any atom is -0.492 e. The normalized spacial score (nSPS) is 16.9. The number of hydrogen-bond donors (Lipinski definition) is 0. The molecule has 0 N–H and O–H groups in total. The van der Waals surface area contributed by atoms with Crippen LogP contribution in [0.2, 0.25) is 0 Å². The fourth-order valence-electron chi connectivity index (χ4n) is 2.83. The summed E-state index contributed by atoms with van der Waals surface area (Å²) in [6, 6.07) is 4.99. The number of halogens is 1. The van der Waals surface area contributed by atoms with E-state index >= 15 is 0 Å². The Morgan fingerprint density at radius 2 is 1.92 bits per heavy atom. The second-order valence-corrected chi connectivity index (χ2v) is 8.68. The lowest BCUT2D eigenvalue weighted by atomic mass is 10.3. The number of benzene rings is 1. The summed E-state index contributed by atoms with van der Waals surface area (Å²) in [6.45, 7) is 6.36. The van der Waals surface area contributed by atoms with E-state index in [2.05, 4.69) is 15.9 Å². The fourth-order valence-corrected chi connectivity index (χ4v) is 4.97. The zero-order chi connectivity index (χ0) is 19.2. The van der Waals surface area contributed by atoms with Gasteiger partial charge in [0.2, 0.25) is 10.0 Å². The zero-order valence-electron chi connectivity index (χ0n) is 15.1. The molecular weight excluding hydrogens is 424 g/mol. The zero-order valence-corrected chi connectivity index (χ0v) is 17.5. The van der Waals surface area contributed by atoms with Crippen molar-refractivity contribution in [2.75, 3.05) is 45.9 Å². The van der Waals surface area contributed by atoms with Crippen LogP contribution in [0.4, 0.5) is 0 Å². The molecule has 0 amide bonds. The molecule has 0 spiro atoms. The Bertz CT molecular complexity index is 726. The number of hydrogen-bond acceptors (Lipinski definition) is 6. The molecule has 26 heavy (non-hydrogen) atoms. The first-order valence-electron chi connectivity index (χ1n) is 8.69. The van der Waals surface area contributed by atoms with Crippen LogP contribution in [-0.2, 0) is 19.6 Å². The van der Waals surface area contributed by atoms with E-state index in [9.17, 15) is 13.2 Å². The standard InChI is InChI=1S/C17H25BrN2O5S/c1-3-24-15-7-6-14(18)12-16(15)26(22,23)20-9-5-8-19(10-11-20)13-17(21)25-4-2/h6-7,12H,3-5,8-11,13H2,1-2H3. The van der Waals surface area contributed by atoms with Crippen molar-refractivity contribution in [3.63, 3.8) is 0 Å². The molecule has 1 aliphatic rings. The summed E-state index contributed by atoms with van der Waals surface area (Å²) in [4.78, 5) is 13.7. The third-order valence-corrected chi connectivity index (χ3v) is 6.44. The van der Waals surface area contributed by atoms with Crippen molar-refractivity contribution < 1.29 is 22.7 Å². The quantitative estimate of drug-likeness (QED) is 0.594. The van der Waals surface area contributed by atoms with Crippen LogP contribution >= 0.6 is 15.9 Å². The third-order valence-electron chi connectivity index (χ3n) is 4.03. The Hall–Kier alpha value is -1.16. The molecule has 0 aliphatic carbocycles. The molecule has 0 radical (unpaired) electrons. The van der Waals surface area contributed by atoms with E-state index in [1.54, 1.807) is 25.1 Å². The molecule has 1 heterocycles. The minimum absolute atomic E-state index is 0.160. The summed E-state index contributed by atoms with van der Waals surface area (Å²) in [6.07, 6.45) is 0.649. The number of nitrogens with zero attached hydrogens (tertiary/aromatic N) is 2. The first kappa shape index (κ1) is 21.1. The third kappa shape index (κ3) is 5.42. The Balaban J connectivity index is 2.15. The van der Waals surface area contributed by atoms with Crippen molar-refractivity contribution >= 4 is 31.9 Å². The van der Waals surface area contributed by atoms with E-state index in [0.29, 0.717) is 56.0 Å². The van der Waals surface area contributed by atoms with Crippen LogP contribution in [-0.4, -0.2) is 69.5 Å². The van der Waals surface area contributed by atoms with E-state index in [1.165, 1.54) is 4.31 Å². The molecule has 7 nitrogen and oxygen atoms in total. The molecule has 1 aromatic carbocycles. The number of sulfonamides is 1. The molecule has 1 fully saturated rings. The maximum atomic E-state index is 13.1. The van der Waals surface area contributed by atoms with Crippen molar-refractivity contribution in [1.82, 2.24) is 9.21 Å². The first-order chi connectivity index (χ1) is 12.4. The fraction of sp³-hybridized carbons (Fsp3) is 0.588. The van der Waals surface area contributed by atoms with Crippen LogP contribution in [0.15, 0.2) is 27.6 Å². The van der Waals surface area contributed by atoms with E-state index < -0.39 is 10.0 Å². The van der Waals surface area contributed by atoms with Gasteiger partial charge in [0, 0.05) is 30.7 Å². The second kappa shape index (κ2) is 9.68. The average Bonchev–Trinajstić information content (AvgIpc) is 2.83.